The van der Waals surface area contributed by atoms with Crippen molar-refractivity contribution in [1.29, 1.82) is 5.26 Å². The van der Waals surface area contributed by atoms with Crippen LogP contribution in [0.2, 0.25) is 0 Å². The molecule has 0 fully saturated rings. The Kier molecular flexibility index (Phi) is 6.04. The number of esters is 1. The Morgan fingerprint density at radius 3 is 2.90 bits per heavy atom. The number of aromatic nitrogens is 3. The number of carbonyl (C=O) groups is 1. The van der Waals surface area contributed by atoms with Crippen LogP contribution in [0.25, 0.3) is 11.4 Å². The van der Waals surface area contributed by atoms with E-state index < -0.39 is 34.6 Å². The number of rotatable bonds is 6. The summed E-state index contributed by atoms with van der Waals surface area (Å²) in [5, 5.41) is 16.0. The molecule has 0 saturated heterocycles. The monoisotopic (exact) mass is 442 g/mol. The number of ether oxygens (including phenoxy) is 1. The van der Waals surface area contributed by atoms with E-state index in [0.717, 1.165) is 5.56 Å². The molecule has 150 valence electrons. The molecule has 0 atom stereocenters. The number of thioether (sulfide) groups is 1. The third-order valence-corrected chi connectivity index (χ3v) is 5.02. The maximum absolute atomic E-state index is 13.0. The molecule has 3 heterocycles. The van der Waals surface area contributed by atoms with Crippen molar-refractivity contribution < 1.29 is 27.2 Å². The van der Waals surface area contributed by atoms with Crippen LogP contribution in [0.3, 0.4) is 0 Å². The van der Waals surface area contributed by atoms with Gasteiger partial charge in [0.2, 0.25) is 11.4 Å². The second-order valence-corrected chi connectivity index (χ2v) is 7.10. The van der Waals surface area contributed by atoms with Crippen molar-refractivity contribution in [2.24, 2.45) is 0 Å². The second-order valence-electron chi connectivity index (χ2n) is 5.33. The molecule has 13 heteroatoms. The van der Waals surface area contributed by atoms with Crippen molar-refractivity contribution in [1.82, 2.24) is 15.1 Å². The van der Waals surface area contributed by atoms with Crippen LogP contribution in [0.5, 0.6) is 0 Å². The van der Waals surface area contributed by atoms with Crippen LogP contribution in [-0.4, -0.2) is 26.8 Å². The lowest BCUT2D eigenvalue weighted by molar-refractivity contribution is -0.142. The fourth-order valence-corrected chi connectivity index (χ4v) is 3.57. The zero-order valence-corrected chi connectivity index (χ0v) is 15.8. The zero-order valence-electron chi connectivity index (χ0n) is 14.1. The van der Waals surface area contributed by atoms with Crippen LogP contribution in [0, 0.1) is 11.3 Å². The number of halogens is 3. The predicted octanol–water partition coefficient (Wildman–Crippen LogP) is 3.21. The molecule has 0 radical (unpaired) electrons. The third kappa shape index (κ3) is 5.04. The molecule has 3 aromatic rings. The SMILES string of the molecule is N#Cc1c(C(F)(F)F)cc(=O)[nH]c1SCC(=O)OCc1nc(-c2ccsc2)no1. The third-order valence-electron chi connectivity index (χ3n) is 3.36. The number of pyridine rings is 1. The van der Waals surface area contributed by atoms with Crippen molar-refractivity contribution in [3.05, 3.63) is 50.3 Å². The lowest BCUT2D eigenvalue weighted by Gasteiger charge is -2.11. The average Bonchev–Trinajstić information content (AvgIpc) is 3.34. The number of nitrogens with zero attached hydrogens (tertiary/aromatic N) is 3. The fraction of sp³-hybridized carbons (Fsp3) is 0.188. The number of alkyl halides is 3. The van der Waals surface area contributed by atoms with Gasteiger partial charge in [0, 0.05) is 17.0 Å². The first-order valence-corrected chi connectivity index (χ1v) is 9.59. The molecule has 0 aliphatic carbocycles. The van der Waals surface area contributed by atoms with Gasteiger partial charge in [-0.25, -0.2) is 0 Å². The summed E-state index contributed by atoms with van der Waals surface area (Å²) in [7, 11) is 0. The Labute approximate surface area is 168 Å². The molecule has 1 N–H and O–H groups in total. The minimum Gasteiger partial charge on any atom is -0.455 e. The molecule has 0 bridgehead atoms. The number of nitriles is 1. The summed E-state index contributed by atoms with van der Waals surface area (Å²) in [5.74, 6) is -0.897. The highest BCUT2D eigenvalue weighted by atomic mass is 32.2. The molecule has 0 saturated carbocycles. The summed E-state index contributed by atoms with van der Waals surface area (Å²) in [6, 6.07) is 3.48. The van der Waals surface area contributed by atoms with Crippen molar-refractivity contribution in [2.75, 3.05) is 5.75 Å². The van der Waals surface area contributed by atoms with Gasteiger partial charge in [0.25, 0.3) is 5.89 Å². The molecular weight excluding hydrogens is 433 g/mol. The molecule has 3 aromatic heterocycles. The van der Waals surface area contributed by atoms with Crippen LogP contribution in [0.4, 0.5) is 13.2 Å². The van der Waals surface area contributed by atoms with E-state index in [0.29, 0.717) is 23.7 Å². The van der Waals surface area contributed by atoms with E-state index in [2.05, 4.69) is 15.1 Å². The van der Waals surface area contributed by atoms with Gasteiger partial charge in [-0.05, 0) is 11.4 Å². The summed E-state index contributed by atoms with van der Waals surface area (Å²) in [4.78, 5) is 29.5. The molecule has 0 amide bonds. The Balaban J connectivity index is 1.62. The lowest BCUT2D eigenvalue weighted by Crippen LogP contribution is -2.17. The largest absolute Gasteiger partial charge is 0.455 e. The first kappa shape index (κ1) is 20.6. The fourth-order valence-electron chi connectivity index (χ4n) is 2.12. The number of hydrogen-bond acceptors (Lipinski definition) is 9. The standard InChI is InChI=1S/C16H9F3N4O4S2/c17-16(18,19)10-3-11(24)21-15(9(10)4-20)29-7-13(25)26-5-12-22-14(23-27-12)8-1-2-28-6-8/h1-3,6H,5,7H2,(H,21,24). The Morgan fingerprint density at radius 1 is 1.45 bits per heavy atom. The number of aromatic amines is 1. The summed E-state index contributed by atoms with van der Waals surface area (Å²) in [6.45, 7) is -0.333. The van der Waals surface area contributed by atoms with Crippen LogP contribution in [-0.2, 0) is 22.3 Å². The number of thiophene rings is 1. The van der Waals surface area contributed by atoms with E-state index >= 15 is 0 Å². The Hall–Kier alpha value is -3.11. The minimum atomic E-state index is -4.88. The van der Waals surface area contributed by atoms with Gasteiger partial charge in [0.15, 0.2) is 6.61 Å². The number of carbonyl (C=O) groups excluding carboxylic acids is 1. The molecule has 0 unspecified atom stereocenters. The van der Waals surface area contributed by atoms with Gasteiger partial charge < -0.3 is 14.2 Å². The van der Waals surface area contributed by atoms with Crippen molar-refractivity contribution in [3.8, 4) is 17.5 Å². The van der Waals surface area contributed by atoms with E-state index in [1.807, 2.05) is 5.38 Å². The zero-order chi connectivity index (χ0) is 21.0. The van der Waals surface area contributed by atoms with Crippen LogP contribution in [0.1, 0.15) is 17.0 Å². The maximum Gasteiger partial charge on any atom is 0.417 e. The van der Waals surface area contributed by atoms with E-state index in [4.69, 9.17) is 14.5 Å². The van der Waals surface area contributed by atoms with Gasteiger partial charge >= 0.3 is 12.1 Å². The highest BCUT2D eigenvalue weighted by molar-refractivity contribution is 7.99. The smallest absolute Gasteiger partial charge is 0.417 e. The summed E-state index contributed by atoms with van der Waals surface area (Å²) >= 11 is 1.99. The first-order valence-electron chi connectivity index (χ1n) is 7.66. The minimum absolute atomic E-state index is 0.0368. The molecule has 29 heavy (non-hydrogen) atoms. The predicted molar refractivity (Wildman–Crippen MR) is 94.9 cm³/mol. The topological polar surface area (TPSA) is 122 Å². The van der Waals surface area contributed by atoms with Gasteiger partial charge in [-0.1, -0.05) is 16.9 Å². The highest BCUT2D eigenvalue weighted by Gasteiger charge is 2.35. The van der Waals surface area contributed by atoms with Gasteiger partial charge in [0.05, 0.1) is 21.9 Å². The van der Waals surface area contributed by atoms with Crippen LogP contribution < -0.4 is 5.56 Å². The van der Waals surface area contributed by atoms with Crippen LogP contribution in [0.15, 0.2) is 37.2 Å². The summed E-state index contributed by atoms with van der Waals surface area (Å²) in [5.41, 5.74) is -2.44. The van der Waals surface area contributed by atoms with Gasteiger partial charge in [-0.3, -0.25) is 9.59 Å². The van der Waals surface area contributed by atoms with Crippen molar-refractivity contribution in [3.63, 3.8) is 0 Å². The molecule has 0 aromatic carbocycles. The van der Waals surface area contributed by atoms with E-state index in [1.54, 1.807) is 11.4 Å². The molecule has 3 rings (SSSR count). The number of H-pyrrole nitrogens is 1. The van der Waals surface area contributed by atoms with Gasteiger partial charge in [0.1, 0.15) is 6.07 Å². The average molecular weight is 442 g/mol. The lowest BCUT2D eigenvalue weighted by atomic mass is 10.1. The molecule has 0 spiro atoms. The van der Waals surface area contributed by atoms with Crippen molar-refractivity contribution in [2.45, 2.75) is 17.8 Å². The number of hydrogen-bond donors (Lipinski definition) is 1. The Morgan fingerprint density at radius 2 is 2.24 bits per heavy atom. The first-order chi connectivity index (χ1) is 13.8. The highest BCUT2D eigenvalue weighted by Crippen LogP contribution is 2.34. The summed E-state index contributed by atoms with van der Waals surface area (Å²) in [6.07, 6.45) is -4.88. The second kappa shape index (κ2) is 8.50. The maximum atomic E-state index is 13.0. The van der Waals surface area contributed by atoms with E-state index in [9.17, 15) is 22.8 Å². The molecule has 8 nitrogen and oxygen atoms in total. The van der Waals surface area contributed by atoms with Crippen LogP contribution >= 0.6 is 23.1 Å². The van der Waals surface area contributed by atoms with E-state index in [1.165, 1.54) is 17.4 Å². The molecule has 0 aliphatic rings. The van der Waals surface area contributed by atoms with Crippen molar-refractivity contribution >= 4 is 29.1 Å². The summed E-state index contributed by atoms with van der Waals surface area (Å²) < 4.78 is 48.8. The van der Waals surface area contributed by atoms with Gasteiger partial charge in [-0.2, -0.15) is 34.8 Å². The normalized spacial score (nSPS) is 11.2. The molecule has 0 aliphatic heterocycles. The van der Waals surface area contributed by atoms with Gasteiger partial charge in [-0.15, -0.1) is 0 Å². The van der Waals surface area contributed by atoms with E-state index in [-0.39, 0.29) is 17.5 Å². The molecular formula is C16H9F3N4O4S2. The number of nitrogens with one attached hydrogen (secondary N) is 1. The quantitative estimate of drug-likeness (QED) is 0.456. The Bertz CT molecular complexity index is 1120.